The molecule has 0 spiro atoms. The summed E-state index contributed by atoms with van der Waals surface area (Å²) in [6.45, 7) is 11.1. The molecule has 1 aliphatic heterocycles. The molecule has 4 atom stereocenters. The lowest BCUT2D eigenvalue weighted by atomic mass is 9.58. The van der Waals surface area contributed by atoms with Crippen molar-refractivity contribution < 1.29 is 9.18 Å². The van der Waals surface area contributed by atoms with Crippen LogP contribution in [-0.4, -0.2) is 33.4 Å². The average Bonchev–Trinajstić information content (AvgIpc) is 3.56. The molecule has 2 bridgehead atoms. The van der Waals surface area contributed by atoms with Crippen LogP contribution in [0.3, 0.4) is 0 Å². The third-order valence-corrected chi connectivity index (χ3v) is 9.73. The molecule has 0 radical (unpaired) electrons. The lowest BCUT2D eigenvalue weighted by molar-refractivity contribution is 0.0274. The molecule has 2 aliphatic carbocycles. The molecule has 1 amide bonds. The van der Waals surface area contributed by atoms with Crippen molar-refractivity contribution in [2.75, 3.05) is 6.54 Å². The molecule has 3 aliphatic rings. The molecule has 2 aromatic heterocycles. The summed E-state index contributed by atoms with van der Waals surface area (Å²) in [6, 6.07) is 12.9. The van der Waals surface area contributed by atoms with E-state index in [1.165, 1.54) is 18.1 Å². The van der Waals surface area contributed by atoms with E-state index in [0.717, 1.165) is 54.1 Å². The highest BCUT2D eigenvalue weighted by Crippen LogP contribution is 2.49. The van der Waals surface area contributed by atoms with Crippen molar-refractivity contribution in [2.45, 2.75) is 70.1 Å². The zero-order chi connectivity index (χ0) is 27.2. The first-order valence-corrected chi connectivity index (χ1v) is 14.8. The maximum atomic E-state index is 13.7. The molecule has 7 heteroatoms. The summed E-state index contributed by atoms with van der Waals surface area (Å²) in [5.74, 6) is 0.959. The summed E-state index contributed by atoms with van der Waals surface area (Å²) in [5.41, 5.74) is 4.39. The van der Waals surface area contributed by atoms with Gasteiger partial charge in [-0.15, -0.1) is 11.3 Å². The Balaban J connectivity index is 1.12. The largest absolute Gasteiger partial charge is 0.366 e. The minimum absolute atomic E-state index is 0.0501. The number of hydrogen-bond acceptors (Lipinski definition) is 5. The number of thiophene rings is 1. The molecule has 204 valence electrons. The van der Waals surface area contributed by atoms with Crippen LogP contribution in [0.15, 0.2) is 66.3 Å². The number of fused-ring (bicyclic) bond motifs is 3. The number of nitrogens with zero attached hydrogens (tertiary/aromatic N) is 2. The standard InChI is InChI=1S/C32H37FN4OS/c1-21-11-23-14-31(3,36-30(38)24-7-9-28(34-17-24)29-5-4-10-39-29)20-32(13-21,15-23)35-16-22(2)37-18-25-6-8-27(33)12-26(25)19-37/h4-10,12,17,21,23,35H,2,11,13-16,18-20H2,1,3H3,(H,36,38). The van der Waals surface area contributed by atoms with E-state index in [2.05, 4.69) is 40.9 Å². The van der Waals surface area contributed by atoms with Crippen LogP contribution in [0.5, 0.6) is 0 Å². The van der Waals surface area contributed by atoms with Gasteiger partial charge in [0.2, 0.25) is 0 Å². The van der Waals surface area contributed by atoms with Crippen LogP contribution in [0.4, 0.5) is 4.39 Å². The zero-order valence-electron chi connectivity index (χ0n) is 22.8. The number of benzene rings is 1. The van der Waals surface area contributed by atoms with Gasteiger partial charge in [-0.25, -0.2) is 4.39 Å². The molecule has 1 aromatic carbocycles. The maximum Gasteiger partial charge on any atom is 0.253 e. The van der Waals surface area contributed by atoms with Gasteiger partial charge in [0.25, 0.3) is 5.91 Å². The van der Waals surface area contributed by atoms with Gasteiger partial charge in [0.1, 0.15) is 5.82 Å². The Morgan fingerprint density at radius 1 is 1.18 bits per heavy atom. The number of rotatable bonds is 7. The van der Waals surface area contributed by atoms with E-state index < -0.39 is 0 Å². The normalized spacial score (nSPS) is 27.7. The van der Waals surface area contributed by atoms with Crippen LogP contribution in [0, 0.1) is 17.7 Å². The summed E-state index contributed by atoms with van der Waals surface area (Å²) in [4.78, 5) is 21.3. The SMILES string of the molecule is C=C(CNC12CC(C)CC(CC(C)(NC(=O)c3ccc(-c4cccs4)nc3)C1)C2)N1Cc2ccc(F)cc2C1. The first kappa shape index (κ1) is 26.2. The first-order valence-electron chi connectivity index (χ1n) is 14.0. The van der Waals surface area contributed by atoms with Crippen molar-refractivity contribution in [2.24, 2.45) is 11.8 Å². The maximum absolute atomic E-state index is 13.7. The molecule has 39 heavy (non-hydrogen) atoms. The van der Waals surface area contributed by atoms with Gasteiger partial charge in [0, 0.05) is 42.6 Å². The van der Waals surface area contributed by atoms with Gasteiger partial charge < -0.3 is 15.5 Å². The lowest BCUT2D eigenvalue weighted by Crippen LogP contribution is -2.63. The lowest BCUT2D eigenvalue weighted by Gasteiger charge is -2.55. The second kappa shape index (κ2) is 10.2. The molecular weight excluding hydrogens is 507 g/mol. The summed E-state index contributed by atoms with van der Waals surface area (Å²) in [6.07, 6.45) is 6.97. The van der Waals surface area contributed by atoms with Gasteiger partial charge in [-0.05, 0) is 97.7 Å². The Kier molecular flexibility index (Phi) is 6.84. The zero-order valence-corrected chi connectivity index (χ0v) is 23.6. The quantitative estimate of drug-likeness (QED) is 0.355. The number of amides is 1. The molecule has 3 aromatic rings. The second-order valence-corrected chi connectivity index (χ2v) is 13.3. The van der Waals surface area contributed by atoms with Gasteiger partial charge in [-0.2, -0.15) is 0 Å². The monoisotopic (exact) mass is 544 g/mol. The van der Waals surface area contributed by atoms with Crippen LogP contribution in [-0.2, 0) is 13.1 Å². The molecule has 2 fully saturated rings. The molecule has 4 unspecified atom stereocenters. The van der Waals surface area contributed by atoms with Crippen LogP contribution in [0.25, 0.3) is 10.6 Å². The average molecular weight is 545 g/mol. The third-order valence-electron chi connectivity index (χ3n) is 8.84. The number of hydrogen-bond donors (Lipinski definition) is 2. The number of halogens is 1. The van der Waals surface area contributed by atoms with E-state index in [9.17, 15) is 9.18 Å². The number of pyridine rings is 1. The highest BCUT2D eigenvalue weighted by molar-refractivity contribution is 7.13. The van der Waals surface area contributed by atoms with Gasteiger partial charge in [-0.1, -0.05) is 25.6 Å². The number of carbonyl (C=O) groups is 1. The minimum Gasteiger partial charge on any atom is -0.366 e. The molecule has 2 saturated carbocycles. The minimum atomic E-state index is -0.303. The summed E-state index contributed by atoms with van der Waals surface area (Å²) in [5, 5.41) is 9.37. The second-order valence-electron chi connectivity index (χ2n) is 12.4. The molecule has 6 rings (SSSR count). The van der Waals surface area contributed by atoms with Crippen LogP contribution >= 0.6 is 11.3 Å². The predicted octanol–water partition coefficient (Wildman–Crippen LogP) is 6.53. The Bertz CT molecular complexity index is 1370. The fourth-order valence-electron chi connectivity index (χ4n) is 7.53. The van der Waals surface area contributed by atoms with E-state index in [4.69, 9.17) is 0 Å². The molecular formula is C32H37FN4OS. The molecule has 0 saturated heterocycles. The van der Waals surface area contributed by atoms with Crippen molar-refractivity contribution >= 4 is 17.2 Å². The fraction of sp³-hybridized carbons (Fsp3) is 0.438. The molecule has 2 N–H and O–H groups in total. The van der Waals surface area contributed by atoms with Crippen molar-refractivity contribution in [3.05, 3.63) is 88.8 Å². The topological polar surface area (TPSA) is 57.3 Å². The van der Waals surface area contributed by atoms with Crippen LogP contribution in [0.2, 0.25) is 0 Å². The Labute approximate surface area is 234 Å². The first-order chi connectivity index (χ1) is 18.7. The highest BCUT2D eigenvalue weighted by Gasteiger charge is 2.50. The van der Waals surface area contributed by atoms with Gasteiger partial charge in [0.05, 0.1) is 16.1 Å². The van der Waals surface area contributed by atoms with E-state index in [-0.39, 0.29) is 22.8 Å². The van der Waals surface area contributed by atoms with E-state index in [0.29, 0.717) is 30.5 Å². The van der Waals surface area contributed by atoms with Crippen molar-refractivity contribution in [1.82, 2.24) is 20.5 Å². The Morgan fingerprint density at radius 2 is 2.03 bits per heavy atom. The van der Waals surface area contributed by atoms with Gasteiger partial charge >= 0.3 is 0 Å². The third kappa shape index (κ3) is 5.52. The Morgan fingerprint density at radius 3 is 2.79 bits per heavy atom. The molecule has 5 nitrogen and oxygen atoms in total. The van der Waals surface area contributed by atoms with Gasteiger partial charge in [-0.3, -0.25) is 9.78 Å². The number of carbonyl (C=O) groups excluding carboxylic acids is 1. The Hall–Kier alpha value is -3.03. The van der Waals surface area contributed by atoms with E-state index in [1.54, 1.807) is 23.6 Å². The van der Waals surface area contributed by atoms with Crippen molar-refractivity contribution in [3.8, 4) is 10.6 Å². The number of aromatic nitrogens is 1. The van der Waals surface area contributed by atoms with Gasteiger partial charge in [0.15, 0.2) is 0 Å². The predicted molar refractivity (Wildman–Crippen MR) is 155 cm³/mol. The number of nitrogens with one attached hydrogen (secondary N) is 2. The fourth-order valence-corrected chi connectivity index (χ4v) is 8.23. The van der Waals surface area contributed by atoms with E-state index >= 15 is 0 Å². The summed E-state index contributed by atoms with van der Waals surface area (Å²) < 4.78 is 13.7. The summed E-state index contributed by atoms with van der Waals surface area (Å²) >= 11 is 1.64. The summed E-state index contributed by atoms with van der Waals surface area (Å²) in [7, 11) is 0. The van der Waals surface area contributed by atoms with Crippen LogP contribution < -0.4 is 10.6 Å². The van der Waals surface area contributed by atoms with Crippen molar-refractivity contribution in [3.63, 3.8) is 0 Å². The van der Waals surface area contributed by atoms with Crippen molar-refractivity contribution in [1.29, 1.82) is 0 Å². The smallest absolute Gasteiger partial charge is 0.253 e. The molecule has 3 heterocycles. The van der Waals surface area contributed by atoms with E-state index in [1.807, 2.05) is 35.7 Å². The highest BCUT2D eigenvalue weighted by atomic mass is 32.1. The van der Waals surface area contributed by atoms with Crippen LogP contribution in [0.1, 0.15) is 67.4 Å².